The molecule has 2 nitrogen and oxygen atoms in total. The van der Waals surface area contributed by atoms with Crippen molar-refractivity contribution in [1.82, 2.24) is 5.32 Å². The van der Waals surface area contributed by atoms with E-state index in [2.05, 4.69) is 60.8 Å². The van der Waals surface area contributed by atoms with Gasteiger partial charge in [0.1, 0.15) is 5.75 Å². The average molecular weight is 281 g/mol. The van der Waals surface area contributed by atoms with Gasteiger partial charge in [-0.1, -0.05) is 55.5 Å². The summed E-state index contributed by atoms with van der Waals surface area (Å²) in [6.07, 6.45) is 3.15. The van der Waals surface area contributed by atoms with Crippen LogP contribution in [0.3, 0.4) is 0 Å². The Balaban J connectivity index is 1.65. The molecule has 2 heteroatoms. The van der Waals surface area contributed by atoms with Gasteiger partial charge in [-0.25, -0.2) is 0 Å². The molecule has 21 heavy (non-hydrogen) atoms. The summed E-state index contributed by atoms with van der Waals surface area (Å²) in [5.74, 6) is 1.11. The van der Waals surface area contributed by atoms with Crippen LogP contribution in [0.4, 0.5) is 0 Å². The zero-order valence-corrected chi connectivity index (χ0v) is 12.6. The van der Waals surface area contributed by atoms with Crippen LogP contribution in [0.5, 0.6) is 5.75 Å². The molecule has 0 fully saturated rings. The molecule has 1 atom stereocenters. The first-order valence-electron chi connectivity index (χ1n) is 7.90. The quantitative estimate of drug-likeness (QED) is 0.897. The van der Waals surface area contributed by atoms with Crippen molar-refractivity contribution in [3.8, 4) is 5.75 Å². The van der Waals surface area contributed by atoms with Gasteiger partial charge in [-0.15, -0.1) is 0 Å². The molecule has 1 N–H and O–H groups in total. The molecule has 3 rings (SSSR count). The molecule has 1 heterocycles. The van der Waals surface area contributed by atoms with Gasteiger partial charge in [0.05, 0.1) is 6.61 Å². The molecule has 2 aromatic rings. The van der Waals surface area contributed by atoms with E-state index in [9.17, 15) is 0 Å². The van der Waals surface area contributed by atoms with E-state index in [0.29, 0.717) is 6.04 Å². The van der Waals surface area contributed by atoms with E-state index in [4.69, 9.17) is 4.74 Å². The van der Waals surface area contributed by atoms with Crippen LogP contribution < -0.4 is 10.1 Å². The van der Waals surface area contributed by atoms with Crippen molar-refractivity contribution in [2.75, 3.05) is 13.2 Å². The maximum absolute atomic E-state index is 5.90. The SMILES string of the molecule is CCc1cccc2c1OCCC2NCCc1ccccc1. The fourth-order valence-electron chi connectivity index (χ4n) is 3.02. The molecule has 1 aliphatic heterocycles. The maximum atomic E-state index is 5.90. The lowest BCUT2D eigenvalue weighted by Crippen LogP contribution is -2.29. The first-order valence-corrected chi connectivity index (χ1v) is 7.90. The lowest BCUT2D eigenvalue weighted by molar-refractivity contribution is 0.251. The van der Waals surface area contributed by atoms with Crippen molar-refractivity contribution in [1.29, 1.82) is 0 Å². The number of rotatable bonds is 5. The van der Waals surface area contributed by atoms with E-state index in [1.165, 1.54) is 16.7 Å². The van der Waals surface area contributed by atoms with E-state index in [0.717, 1.165) is 38.2 Å². The Morgan fingerprint density at radius 1 is 1.10 bits per heavy atom. The summed E-state index contributed by atoms with van der Waals surface area (Å²) in [7, 11) is 0. The molecule has 1 aliphatic rings. The van der Waals surface area contributed by atoms with Crippen LogP contribution in [0.1, 0.15) is 36.1 Å². The van der Waals surface area contributed by atoms with Crippen molar-refractivity contribution in [2.45, 2.75) is 32.2 Å². The lowest BCUT2D eigenvalue weighted by atomic mass is 9.96. The predicted molar refractivity (Wildman–Crippen MR) is 86.8 cm³/mol. The number of benzene rings is 2. The standard InChI is InChI=1S/C19H23NO/c1-2-16-9-6-10-17-18(12-14-21-19(16)17)20-13-11-15-7-4-3-5-8-15/h3-10,18,20H,2,11-14H2,1H3. The fourth-order valence-corrected chi connectivity index (χ4v) is 3.02. The third-order valence-electron chi connectivity index (χ3n) is 4.18. The van der Waals surface area contributed by atoms with Gasteiger partial charge in [0.25, 0.3) is 0 Å². The summed E-state index contributed by atoms with van der Waals surface area (Å²) in [6, 6.07) is 17.6. The predicted octanol–water partition coefficient (Wildman–Crippen LogP) is 3.90. The molecule has 0 amide bonds. The summed E-state index contributed by atoms with van der Waals surface area (Å²) >= 11 is 0. The largest absolute Gasteiger partial charge is 0.493 e. The Morgan fingerprint density at radius 2 is 1.95 bits per heavy atom. The molecule has 1 unspecified atom stereocenters. The number of fused-ring (bicyclic) bond motifs is 1. The molecular weight excluding hydrogens is 258 g/mol. The summed E-state index contributed by atoms with van der Waals surface area (Å²) in [5, 5.41) is 3.70. The number of aryl methyl sites for hydroxylation is 1. The molecule has 0 saturated heterocycles. The van der Waals surface area contributed by atoms with E-state index in [1.54, 1.807) is 0 Å². The molecule has 2 aromatic carbocycles. The third-order valence-corrected chi connectivity index (χ3v) is 4.18. The number of hydrogen-bond donors (Lipinski definition) is 1. The first-order chi connectivity index (χ1) is 10.4. The number of nitrogens with one attached hydrogen (secondary N) is 1. The minimum atomic E-state index is 0.420. The van der Waals surface area contributed by atoms with Crippen LogP contribution in [-0.2, 0) is 12.8 Å². The van der Waals surface area contributed by atoms with Crippen LogP contribution in [0, 0.1) is 0 Å². The molecule has 0 saturated carbocycles. The molecule has 0 radical (unpaired) electrons. The van der Waals surface area contributed by atoms with E-state index >= 15 is 0 Å². The topological polar surface area (TPSA) is 21.3 Å². The normalized spacial score (nSPS) is 17.1. The molecule has 0 aliphatic carbocycles. The van der Waals surface area contributed by atoms with Gasteiger partial charge in [-0.05, 0) is 30.5 Å². The average Bonchev–Trinajstić information content (AvgIpc) is 2.55. The molecule has 0 bridgehead atoms. The highest BCUT2D eigenvalue weighted by molar-refractivity contribution is 5.44. The van der Waals surface area contributed by atoms with Gasteiger partial charge in [-0.2, -0.15) is 0 Å². The van der Waals surface area contributed by atoms with Crippen molar-refractivity contribution in [3.05, 3.63) is 65.2 Å². The maximum Gasteiger partial charge on any atom is 0.127 e. The Kier molecular flexibility index (Phi) is 4.56. The molecule has 0 spiro atoms. The summed E-state index contributed by atoms with van der Waals surface area (Å²) < 4.78 is 5.90. The first kappa shape index (κ1) is 14.2. The highest BCUT2D eigenvalue weighted by Gasteiger charge is 2.22. The van der Waals surface area contributed by atoms with Crippen molar-refractivity contribution < 1.29 is 4.74 Å². The van der Waals surface area contributed by atoms with Gasteiger partial charge in [0.2, 0.25) is 0 Å². The van der Waals surface area contributed by atoms with Crippen molar-refractivity contribution in [3.63, 3.8) is 0 Å². The Hall–Kier alpha value is -1.80. The molecule has 0 aromatic heterocycles. The highest BCUT2D eigenvalue weighted by Crippen LogP contribution is 2.35. The van der Waals surface area contributed by atoms with Gasteiger partial charge in [-0.3, -0.25) is 0 Å². The zero-order chi connectivity index (χ0) is 14.5. The summed E-state index contributed by atoms with van der Waals surface area (Å²) in [6.45, 7) is 4.00. The second-order valence-corrected chi connectivity index (χ2v) is 5.57. The van der Waals surface area contributed by atoms with E-state index < -0.39 is 0 Å². The Bertz CT molecular complexity index is 579. The monoisotopic (exact) mass is 281 g/mol. The second-order valence-electron chi connectivity index (χ2n) is 5.57. The minimum absolute atomic E-state index is 0.420. The number of hydrogen-bond acceptors (Lipinski definition) is 2. The van der Waals surface area contributed by atoms with Crippen LogP contribution in [0.25, 0.3) is 0 Å². The van der Waals surface area contributed by atoms with Gasteiger partial charge in [0.15, 0.2) is 0 Å². The van der Waals surface area contributed by atoms with Gasteiger partial charge in [0, 0.05) is 18.0 Å². The van der Waals surface area contributed by atoms with Crippen molar-refractivity contribution in [2.24, 2.45) is 0 Å². The van der Waals surface area contributed by atoms with Gasteiger partial charge < -0.3 is 10.1 Å². The van der Waals surface area contributed by atoms with Crippen LogP contribution in [0.15, 0.2) is 48.5 Å². The summed E-state index contributed by atoms with van der Waals surface area (Å²) in [4.78, 5) is 0. The number of para-hydroxylation sites is 1. The fraction of sp³-hybridized carbons (Fsp3) is 0.368. The summed E-state index contributed by atoms with van der Waals surface area (Å²) in [5.41, 5.74) is 4.04. The number of ether oxygens (including phenoxy) is 1. The van der Waals surface area contributed by atoms with Crippen molar-refractivity contribution >= 4 is 0 Å². The molecular formula is C19H23NO. The zero-order valence-electron chi connectivity index (χ0n) is 12.6. The second kappa shape index (κ2) is 6.77. The Labute approximate surface area is 127 Å². The van der Waals surface area contributed by atoms with Gasteiger partial charge >= 0.3 is 0 Å². The van der Waals surface area contributed by atoms with E-state index in [-0.39, 0.29) is 0 Å². The smallest absolute Gasteiger partial charge is 0.127 e. The van der Waals surface area contributed by atoms with E-state index in [1.807, 2.05) is 0 Å². The van der Waals surface area contributed by atoms with Crippen LogP contribution in [-0.4, -0.2) is 13.2 Å². The van der Waals surface area contributed by atoms with Crippen LogP contribution in [0.2, 0.25) is 0 Å². The molecule has 110 valence electrons. The Morgan fingerprint density at radius 3 is 2.76 bits per heavy atom. The highest BCUT2D eigenvalue weighted by atomic mass is 16.5. The third kappa shape index (κ3) is 3.27. The lowest BCUT2D eigenvalue weighted by Gasteiger charge is -2.28. The minimum Gasteiger partial charge on any atom is -0.493 e. The van der Waals surface area contributed by atoms with Crippen LogP contribution >= 0.6 is 0 Å².